The summed E-state index contributed by atoms with van der Waals surface area (Å²) in [5.41, 5.74) is 3.07. The standard InChI is InChI=1S/C22H36N6/c1-6-8-17(5)28-20-19(26-22(28)24-13-15(3)7-2)14-23-21(27-20)25-18-11-9-16(4)10-12-18/h7,14,16-18H,6,8-13H2,1-5H3,(H,24,26)(H,23,25,27)/b15-7-. The minimum atomic E-state index is 0.335. The zero-order chi connectivity index (χ0) is 20.1. The molecule has 1 atom stereocenters. The maximum atomic E-state index is 4.88. The summed E-state index contributed by atoms with van der Waals surface area (Å²) in [6.07, 6.45) is 11.2. The maximum Gasteiger partial charge on any atom is 0.224 e. The van der Waals surface area contributed by atoms with Crippen molar-refractivity contribution < 1.29 is 0 Å². The van der Waals surface area contributed by atoms with Gasteiger partial charge in [0.2, 0.25) is 11.9 Å². The lowest BCUT2D eigenvalue weighted by Crippen LogP contribution is -2.26. The minimum Gasteiger partial charge on any atom is -0.352 e. The van der Waals surface area contributed by atoms with Crippen molar-refractivity contribution in [2.45, 2.75) is 85.2 Å². The number of hydrogen-bond acceptors (Lipinski definition) is 5. The summed E-state index contributed by atoms with van der Waals surface area (Å²) in [6.45, 7) is 11.8. The van der Waals surface area contributed by atoms with E-state index in [2.05, 4.69) is 60.9 Å². The van der Waals surface area contributed by atoms with Gasteiger partial charge in [-0.15, -0.1) is 0 Å². The highest BCUT2D eigenvalue weighted by Gasteiger charge is 2.21. The van der Waals surface area contributed by atoms with Gasteiger partial charge in [0.15, 0.2) is 5.65 Å². The van der Waals surface area contributed by atoms with Gasteiger partial charge in [-0.25, -0.2) is 9.97 Å². The Labute approximate surface area is 169 Å². The monoisotopic (exact) mass is 384 g/mol. The average molecular weight is 385 g/mol. The van der Waals surface area contributed by atoms with Crippen molar-refractivity contribution in [2.24, 2.45) is 5.92 Å². The third-order valence-electron chi connectivity index (χ3n) is 5.95. The summed E-state index contributed by atoms with van der Waals surface area (Å²) in [5, 5.41) is 7.06. The van der Waals surface area contributed by atoms with E-state index < -0.39 is 0 Å². The topological polar surface area (TPSA) is 67.7 Å². The lowest BCUT2D eigenvalue weighted by Gasteiger charge is -2.26. The molecule has 6 heteroatoms. The fourth-order valence-electron chi connectivity index (χ4n) is 3.96. The Morgan fingerprint density at radius 1 is 1.29 bits per heavy atom. The van der Waals surface area contributed by atoms with Crippen LogP contribution in [0.15, 0.2) is 17.8 Å². The molecule has 0 saturated heterocycles. The van der Waals surface area contributed by atoms with Crippen molar-refractivity contribution in [3.63, 3.8) is 0 Å². The molecular formula is C22H36N6. The van der Waals surface area contributed by atoms with Gasteiger partial charge >= 0.3 is 0 Å². The summed E-state index contributed by atoms with van der Waals surface area (Å²) < 4.78 is 2.25. The van der Waals surface area contributed by atoms with Gasteiger partial charge in [0, 0.05) is 18.6 Å². The number of fused-ring (bicyclic) bond motifs is 1. The summed E-state index contributed by atoms with van der Waals surface area (Å²) >= 11 is 0. The van der Waals surface area contributed by atoms with E-state index in [-0.39, 0.29) is 0 Å². The normalized spacial score (nSPS) is 21.7. The smallest absolute Gasteiger partial charge is 0.224 e. The average Bonchev–Trinajstić information content (AvgIpc) is 3.05. The molecule has 1 saturated carbocycles. The van der Waals surface area contributed by atoms with Gasteiger partial charge in [-0.1, -0.05) is 31.9 Å². The van der Waals surface area contributed by atoms with Gasteiger partial charge in [0.25, 0.3) is 0 Å². The maximum absolute atomic E-state index is 4.88. The van der Waals surface area contributed by atoms with Crippen LogP contribution in [-0.4, -0.2) is 32.1 Å². The van der Waals surface area contributed by atoms with Crippen LogP contribution < -0.4 is 10.6 Å². The van der Waals surface area contributed by atoms with Gasteiger partial charge in [0.1, 0.15) is 5.52 Å². The Bertz CT molecular complexity index is 801. The van der Waals surface area contributed by atoms with Crippen molar-refractivity contribution in [3.05, 3.63) is 17.8 Å². The van der Waals surface area contributed by atoms with Crippen LogP contribution in [0.4, 0.5) is 11.9 Å². The fourth-order valence-corrected chi connectivity index (χ4v) is 3.96. The molecule has 2 heterocycles. The Kier molecular flexibility index (Phi) is 6.92. The zero-order valence-electron chi connectivity index (χ0n) is 18.1. The molecule has 3 rings (SSSR count). The lowest BCUT2D eigenvalue weighted by molar-refractivity contribution is 0.360. The molecule has 0 bridgehead atoms. The van der Waals surface area contributed by atoms with Crippen molar-refractivity contribution in [1.29, 1.82) is 0 Å². The van der Waals surface area contributed by atoms with Crippen LogP contribution in [0, 0.1) is 5.92 Å². The molecule has 28 heavy (non-hydrogen) atoms. The second kappa shape index (κ2) is 9.39. The van der Waals surface area contributed by atoms with Crippen LogP contribution in [0.3, 0.4) is 0 Å². The number of imidazole rings is 1. The first kappa shape index (κ1) is 20.6. The second-order valence-corrected chi connectivity index (χ2v) is 8.44. The molecule has 2 aromatic heterocycles. The van der Waals surface area contributed by atoms with Crippen LogP contribution >= 0.6 is 0 Å². The first-order valence-corrected chi connectivity index (χ1v) is 10.9. The lowest BCUT2D eigenvalue weighted by atomic mass is 9.87. The van der Waals surface area contributed by atoms with Crippen LogP contribution in [0.1, 0.15) is 79.2 Å². The Balaban J connectivity index is 1.88. The predicted molar refractivity (Wildman–Crippen MR) is 118 cm³/mol. The summed E-state index contributed by atoms with van der Waals surface area (Å²) in [7, 11) is 0. The molecule has 0 aliphatic heterocycles. The summed E-state index contributed by atoms with van der Waals surface area (Å²) in [4.78, 5) is 14.2. The zero-order valence-corrected chi connectivity index (χ0v) is 18.1. The van der Waals surface area contributed by atoms with Crippen LogP contribution in [0.25, 0.3) is 11.2 Å². The molecule has 2 N–H and O–H groups in total. The number of nitrogens with zero attached hydrogens (tertiary/aromatic N) is 4. The Hall–Kier alpha value is -2.11. The molecule has 1 unspecified atom stereocenters. The predicted octanol–water partition coefficient (Wildman–Crippen LogP) is 5.56. The highest BCUT2D eigenvalue weighted by Crippen LogP contribution is 2.28. The van der Waals surface area contributed by atoms with E-state index in [0.29, 0.717) is 12.1 Å². The van der Waals surface area contributed by atoms with Gasteiger partial charge < -0.3 is 10.6 Å². The number of hydrogen-bond donors (Lipinski definition) is 2. The molecule has 0 aromatic carbocycles. The van der Waals surface area contributed by atoms with Crippen LogP contribution in [0.5, 0.6) is 0 Å². The molecule has 1 aliphatic carbocycles. The minimum absolute atomic E-state index is 0.335. The Morgan fingerprint density at radius 2 is 2.04 bits per heavy atom. The first-order chi connectivity index (χ1) is 13.5. The van der Waals surface area contributed by atoms with E-state index in [1.165, 1.54) is 31.3 Å². The summed E-state index contributed by atoms with van der Waals surface area (Å²) in [5.74, 6) is 2.45. The van der Waals surface area contributed by atoms with Gasteiger partial charge in [-0.05, 0) is 58.8 Å². The van der Waals surface area contributed by atoms with Crippen LogP contribution in [-0.2, 0) is 0 Å². The van der Waals surface area contributed by atoms with E-state index >= 15 is 0 Å². The number of nitrogens with one attached hydrogen (secondary N) is 2. The van der Waals surface area contributed by atoms with Gasteiger partial charge in [-0.3, -0.25) is 4.57 Å². The largest absolute Gasteiger partial charge is 0.352 e. The molecule has 1 aliphatic rings. The molecule has 2 aromatic rings. The third-order valence-corrected chi connectivity index (χ3v) is 5.95. The van der Waals surface area contributed by atoms with E-state index in [1.807, 2.05) is 6.20 Å². The van der Waals surface area contributed by atoms with E-state index in [4.69, 9.17) is 9.97 Å². The second-order valence-electron chi connectivity index (χ2n) is 8.44. The molecular weight excluding hydrogens is 348 g/mol. The molecule has 6 nitrogen and oxygen atoms in total. The Morgan fingerprint density at radius 3 is 2.71 bits per heavy atom. The van der Waals surface area contributed by atoms with Gasteiger partial charge in [0.05, 0.1) is 6.20 Å². The number of anilines is 2. The van der Waals surface area contributed by atoms with Crippen molar-refractivity contribution in [3.8, 4) is 0 Å². The molecule has 0 amide bonds. The molecule has 0 radical (unpaired) electrons. The summed E-state index contributed by atoms with van der Waals surface area (Å²) in [6, 6.07) is 0.815. The third kappa shape index (κ3) is 4.83. The quantitative estimate of drug-likeness (QED) is 0.584. The first-order valence-electron chi connectivity index (χ1n) is 10.9. The van der Waals surface area contributed by atoms with Crippen molar-refractivity contribution in [2.75, 3.05) is 17.2 Å². The highest BCUT2D eigenvalue weighted by atomic mass is 15.3. The van der Waals surface area contributed by atoms with E-state index in [9.17, 15) is 0 Å². The van der Waals surface area contributed by atoms with Crippen molar-refractivity contribution >= 4 is 23.1 Å². The number of rotatable bonds is 8. The number of allylic oxidation sites excluding steroid dienone is 1. The molecule has 0 spiro atoms. The fraction of sp³-hybridized carbons (Fsp3) is 0.682. The van der Waals surface area contributed by atoms with Crippen molar-refractivity contribution in [1.82, 2.24) is 19.5 Å². The van der Waals surface area contributed by atoms with Crippen LogP contribution in [0.2, 0.25) is 0 Å². The SMILES string of the molecule is C/C=C(/C)CNc1nc2cnc(NC3CCC(C)CC3)nc2n1C(C)CCC. The number of aromatic nitrogens is 4. The van der Waals surface area contributed by atoms with Gasteiger partial charge in [-0.2, -0.15) is 4.98 Å². The molecule has 154 valence electrons. The highest BCUT2D eigenvalue weighted by molar-refractivity contribution is 5.75. The molecule has 1 fully saturated rings. The van der Waals surface area contributed by atoms with E-state index in [0.717, 1.165) is 48.4 Å². The van der Waals surface area contributed by atoms with E-state index in [1.54, 1.807) is 0 Å².